The fourth-order valence-corrected chi connectivity index (χ4v) is 2.58. The molecule has 4 nitrogen and oxygen atoms in total. The highest BCUT2D eigenvalue weighted by atomic mass is 19.1. The number of nitrogens with zero attached hydrogens (tertiary/aromatic N) is 3. The minimum atomic E-state index is -0.557. The van der Waals surface area contributed by atoms with Crippen LogP contribution in [0.25, 0.3) is 10.9 Å². The molecule has 0 saturated heterocycles. The van der Waals surface area contributed by atoms with Crippen LogP contribution < -0.4 is 5.32 Å². The van der Waals surface area contributed by atoms with Gasteiger partial charge in [0.1, 0.15) is 6.07 Å². The van der Waals surface area contributed by atoms with E-state index in [2.05, 4.69) is 21.4 Å². The molecule has 0 aliphatic heterocycles. The van der Waals surface area contributed by atoms with Crippen molar-refractivity contribution in [1.29, 1.82) is 5.26 Å². The molecule has 1 aliphatic rings. The zero-order valence-electron chi connectivity index (χ0n) is 10.4. The Bertz CT molecular complexity index is 656. The lowest BCUT2D eigenvalue weighted by molar-refractivity contribution is 0.586. The third-order valence-electron chi connectivity index (χ3n) is 3.55. The van der Waals surface area contributed by atoms with Gasteiger partial charge in [-0.3, -0.25) is 4.98 Å². The van der Waals surface area contributed by atoms with E-state index in [1.165, 1.54) is 31.3 Å². The quantitative estimate of drug-likeness (QED) is 0.839. The van der Waals surface area contributed by atoms with Gasteiger partial charge >= 0.3 is 0 Å². The van der Waals surface area contributed by atoms with E-state index in [-0.39, 0.29) is 0 Å². The first-order chi connectivity index (χ1) is 9.28. The Morgan fingerprint density at radius 2 is 2.05 bits per heavy atom. The van der Waals surface area contributed by atoms with E-state index in [9.17, 15) is 9.65 Å². The Hall–Kier alpha value is -2.22. The van der Waals surface area contributed by atoms with Gasteiger partial charge in [-0.1, -0.05) is 12.8 Å². The zero-order chi connectivity index (χ0) is 13.2. The second-order valence-electron chi connectivity index (χ2n) is 4.81. The number of hydrogen-bond acceptors (Lipinski definition) is 4. The van der Waals surface area contributed by atoms with E-state index in [1.807, 2.05) is 0 Å². The summed E-state index contributed by atoms with van der Waals surface area (Å²) in [5.41, 5.74) is 1.73. The molecule has 0 atom stereocenters. The molecule has 0 spiro atoms. The number of nitrogens with one attached hydrogen (secondary N) is 1. The van der Waals surface area contributed by atoms with Gasteiger partial charge in [0.2, 0.25) is 5.95 Å². The molecule has 1 fully saturated rings. The first-order valence-corrected chi connectivity index (χ1v) is 6.39. The number of halogens is 1. The standard InChI is InChI=1S/C14H13FN4/c15-13-5-11-12(8-18-13)17-7-9(6-16)14(11)19-10-3-1-2-4-10/h5,7-8,10H,1-4H2,(H,17,19). The monoisotopic (exact) mass is 256 g/mol. The molecule has 19 heavy (non-hydrogen) atoms. The van der Waals surface area contributed by atoms with Crippen molar-refractivity contribution in [3.63, 3.8) is 0 Å². The SMILES string of the molecule is N#Cc1cnc2cnc(F)cc2c1NC1CCCC1. The maximum Gasteiger partial charge on any atom is 0.213 e. The topological polar surface area (TPSA) is 61.6 Å². The summed E-state index contributed by atoms with van der Waals surface area (Å²) in [6.45, 7) is 0. The van der Waals surface area contributed by atoms with E-state index in [1.54, 1.807) is 0 Å². The maximum absolute atomic E-state index is 13.3. The summed E-state index contributed by atoms with van der Waals surface area (Å²) in [6.07, 6.45) is 7.46. The number of pyridine rings is 2. The van der Waals surface area contributed by atoms with Crippen LogP contribution in [-0.2, 0) is 0 Å². The molecule has 2 aromatic heterocycles. The van der Waals surface area contributed by atoms with Crippen molar-refractivity contribution in [2.75, 3.05) is 5.32 Å². The normalized spacial score (nSPS) is 15.6. The molecule has 0 bridgehead atoms. The Morgan fingerprint density at radius 1 is 1.26 bits per heavy atom. The molecule has 0 amide bonds. The number of fused-ring (bicyclic) bond motifs is 1. The highest BCUT2D eigenvalue weighted by Gasteiger charge is 2.18. The largest absolute Gasteiger partial charge is 0.381 e. The van der Waals surface area contributed by atoms with Gasteiger partial charge in [0.15, 0.2) is 0 Å². The van der Waals surface area contributed by atoms with Crippen molar-refractivity contribution in [1.82, 2.24) is 9.97 Å². The average molecular weight is 256 g/mol. The van der Waals surface area contributed by atoms with Gasteiger partial charge in [0.05, 0.1) is 23.0 Å². The third kappa shape index (κ3) is 2.22. The van der Waals surface area contributed by atoms with Gasteiger partial charge < -0.3 is 5.32 Å². The van der Waals surface area contributed by atoms with Crippen LogP contribution in [0.1, 0.15) is 31.2 Å². The fraction of sp³-hybridized carbons (Fsp3) is 0.357. The summed E-state index contributed by atoms with van der Waals surface area (Å²) in [6, 6.07) is 3.80. The lowest BCUT2D eigenvalue weighted by Gasteiger charge is -2.16. The Morgan fingerprint density at radius 3 is 2.79 bits per heavy atom. The van der Waals surface area contributed by atoms with Crippen LogP contribution in [0.2, 0.25) is 0 Å². The zero-order valence-corrected chi connectivity index (χ0v) is 10.4. The van der Waals surface area contributed by atoms with Crippen LogP contribution in [0.3, 0.4) is 0 Å². The lowest BCUT2D eigenvalue weighted by Crippen LogP contribution is -2.16. The minimum absolute atomic E-state index is 0.355. The first-order valence-electron chi connectivity index (χ1n) is 6.39. The molecule has 2 aromatic rings. The molecule has 1 aliphatic carbocycles. The smallest absolute Gasteiger partial charge is 0.213 e. The number of anilines is 1. The van der Waals surface area contributed by atoms with Crippen LogP contribution in [0.5, 0.6) is 0 Å². The fourth-order valence-electron chi connectivity index (χ4n) is 2.58. The van der Waals surface area contributed by atoms with Gasteiger partial charge in [-0.05, 0) is 12.8 Å². The molecule has 2 heterocycles. The van der Waals surface area contributed by atoms with E-state index in [0.29, 0.717) is 28.2 Å². The highest BCUT2D eigenvalue weighted by molar-refractivity contribution is 5.93. The van der Waals surface area contributed by atoms with Crippen molar-refractivity contribution in [3.8, 4) is 6.07 Å². The molecule has 96 valence electrons. The van der Waals surface area contributed by atoms with Crippen LogP contribution in [0, 0.1) is 17.3 Å². The van der Waals surface area contributed by atoms with E-state index < -0.39 is 5.95 Å². The average Bonchev–Trinajstić information content (AvgIpc) is 2.92. The number of rotatable bonds is 2. The Labute approximate surface area is 110 Å². The van der Waals surface area contributed by atoms with Crippen molar-refractivity contribution in [2.24, 2.45) is 0 Å². The molecule has 3 rings (SSSR count). The van der Waals surface area contributed by atoms with Gasteiger partial charge in [0, 0.05) is 23.7 Å². The number of hydrogen-bond donors (Lipinski definition) is 1. The predicted octanol–water partition coefficient (Wildman–Crippen LogP) is 3.00. The molecular formula is C14H13FN4. The van der Waals surface area contributed by atoms with Crippen LogP contribution in [0.4, 0.5) is 10.1 Å². The van der Waals surface area contributed by atoms with Crippen molar-refractivity contribution >= 4 is 16.6 Å². The summed E-state index contributed by atoms with van der Waals surface area (Å²) in [4.78, 5) is 7.73. The summed E-state index contributed by atoms with van der Waals surface area (Å²) in [5.74, 6) is -0.557. The van der Waals surface area contributed by atoms with Gasteiger partial charge in [-0.2, -0.15) is 9.65 Å². The van der Waals surface area contributed by atoms with Crippen LogP contribution >= 0.6 is 0 Å². The second-order valence-corrected chi connectivity index (χ2v) is 4.81. The Balaban J connectivity index is 2.12. The van der Waals surface area contributed by atoms with E-state index in [4.69, 9.17) is 0 Å². The molecule has 0 aromatic carbocycles. The summed E-state index contributed by atoms with van der Waals surface area (Å²) in [7, 11) is 0. The third-order valence-corrected chi connectivity index (χ3v) is 3.55. The van der Waals surface area contributed by atoms with Crippen LogP contribution in [0.15, 0.2) is 18.5 Å². The maximum atomic E-state index is 13.3. The summed E-state index contributed by atoms with van der Waals surface area (Å²) < 4.78 is 13.3. The molecule has 1 saturated carbocycles. The van der Waals surface area contributed by atoms with Gasteiger partial charge in [-0.25, -0.2) is 4.98 Å². The van der Waals surface area contributed by atoms with E-state index >= 15 is 0 Å². The van der Waals surface area contributed by atoms with Gasteiger partial charge in [0.25, 0.3) is 0 Å². The van der Waals surface area contributed by atoms with Crippen molar-refractivity contribution < 1.29 is 4.39 Å². The Kier molecular flexibility index (Phi) is 3.00. The van der Waals surface area contributed by atoms with Crippen molar-refractivity contribution in [3.05, 3.63) is 30.0 Å². The number of aromatic nitrogens is 2. The minimum Gasteiger partial charge on any atom is -0.381 e. The summed E-state index contributed by atoms with van der Waals surface area (Å²) >= 11 is 0. The van der Waals surface area contributed by atoms with Gasteiger partial charge in [-0.15, -0.1) is 0 Å². The molecule has 0 unspecified atom stereocenters. The molecule has 0 radical (unpaired) electrons. The number of nitriles is 1. The summed E-state index contributed by atoms with van der Waals surface area (Å²) in [5, 5.41) is 13.2. The van der Waals surface area contributed by atoms with Crippen molar-refractivity contribution in [2.45, 2.75) is 31.7 Å². The lowest BCUT2D eigenvalue weighted by atomic mass is 10.1. The molecular weight excluding hydrogens is 243 g/mol. The molecule has 1 N–H and O–H groups in total. The predicted molar refractivity (Wildman–Crippen MR) is 70.1 cm³/mol. The first kappa shape index (κ1) is 11.8. The second kappa shape index (κ2) is 4.81. The van der Waals surface area contributed by atoms with Crippen LogP contribution in [-0.4, -0.2) is 16.0 Å². The van der Waals surface area contributed by atoms with E-state index in [0.717, 1.165) is 12.8 Å². The molecule has 5 heteroatoms. The highest BCUT2D eigenvalue weighted by Crippen LogP contribution is 2.29.